The molecule has 0 unspecified atom stereocenters. The van der Waals surface area contributed by atoms with Gasteiger partial charge in [0.05, 0.1) is 23.7 Å². The Morgan fingerprint density at radius 3 is 2.50 bits per heavy atom. The molecule has 26 heavy (non-hydrogen) atoms. The lowest BCUT2D eigenvalue weighted by molar-refractivity contribution is -0.129. The molecule has 6 nitrogen and oxygen atoms in total. The van der Waals surface area contributed by atoms with Crippen LogP contribution >= 0.6 is 23.4 Å². The first-order chi connectivity index (χ1) is 12.5. The SMILES string of the molecule is Cc1c(C(=O)O)cnn1C1CCN(C(=O)CSc2ccc(Cl)cc2)CC1. The second-order valence-corrected chi connectivity index (χ2v) is 7.73. The molecule has 138 valence electrons. The molecule has 0 aliphatic carbocycles. The number of carboxylic acid groups (broad SMARTS) is 1. The number of likely N-dealkylation sites (tertiary alicyclic amines) is 1. The van der Waals surface area contributed by atoms with Gasteiger partial charge in [-0.3, -0.25) is 9.48 Å². The van der Waals surface area contributed by atoms with E-state index in [1.165, 1.54) is 18.0 Å². The molecule has 0 spiro atoms. The van der Waals surface area contributed by atoms with Crippen LogP contribution in [0.3, 0.4) is 0 Å². The monoisotopic (exact) mass is 393 g/mol. The van der Waals surface area contributed by atoms with Gasteiger partial charge in [-0.2, -0.15) is 5.10 Å². The third kappa shape index (κ3) is 4.22. The Morgan fingerprint density at radius 2 is 1.92 bits per heavy atom. The minimum Gasteiger partial charge on any atom is -0.478 e. The number of thioether (sulfide) groups is 1. The van der Waals surface area contributed by atoms with Crippen LogP contribution in [0, 0.1) is 6.92 Å². The van der Waals surface area contributed by atoms with Gasteiger partial charge in [-0.15, -0.1) is 11.8 Å². The molecule has 0 bridgehead atoms. The van der Waals surface area contributed by atoms with Crippen molar-refractivity contribution in [1.82, 2.24) is 14.7 Å². The second-order valence-electron chi connectivity index (χ2n) is 6.25. The molecule has 1 aromatic carbocycles. The molecule has 1 N–H and O–H groups in total. The summed E-state index contributed by atoms with van der Waals surface area (Å²) in [5.41, 5.74) is 0.906. The van der Waals surface area contributed by atoms with E-state index in [4.69, 9.17) is 16.7 Å². The Balaban J connectivity index is 1.52. The highest BCUT2D eigenvalue weighted by molar-refractivity contribution is 8.00. The summed E-state index contributed by atoms with van der Waals surface area (Å²) in [7, 11) is 0. The first kappa shape index (κ1) is 18.8. The summed E-state index contributed by atoms with van der Waals surface area (Å²) in [5.74, 6) is -0.441. The fourth-order valence-electron chi connectivity index (χ4n) is 3.13. The lowest BCUT2D eigenvalue weighted by Gasteiger charge is -2.32. The molecule has 0 atom stereocenters. The first-order valence-corrected chi connectivity index (χ1v) is 9.75. The van der Waals surface area contributed by atoms with Crippen molar-refractivity contribution in [2.75, 3.05) is 18.8 Å². The summed E-state index contributed by atoms with van der Waals surface area (Å²) in [6.45, 7) is 3.09. The van der Waals surface area contributed by atoms with Crippen molar-refractivity contribution in [3.8, 4) is 0 Å². The molecule has 8 heteroatoms. The number of aromatic nitrogens is 2. The van der Waals surface area contributed by atoms with E-state index in [2.05, 4.69) is 5.10 Å². The van der Waals surface area contributed by atoms with Gasteiger partial charge in [-0.1, -0.05) is 11.6 Å². The standard InChI is InChI=1S/C18H20ClN3O3S/c1-12-16(18(24)25)10-20-22(12)14-6-8-21(9-7-14)17(23)11-26-15-4-2-13(19)3-5-15/h2-5,10,14H,6-9,11H2,1H3,(H,24,25). The normalized spacial score (nSPS) is 15.2. The van der Waals surface area contributed by atoms with E-state index in [-0.39, 0.29) is 17.5 Å². The minimum atomic E-state index is -0.958. The van der Waals surface area contributed by atoms with Crippen LogP contribution in [-0.4, -0.2) is 50.5 Å². The van der Waals surface area contributed by atoms with E-state index in [0.29, 0.717) is 29.6 Å². The van der Waals surface area contributed by atoms with Gasteiger partial charge >= 0.3 is 5.97 Å². The van der Waals surface area contributed by atoms with Crippen LogP contribution < -0.4 is 0 Å². The number of nitrogens with zero attached hydrogens (tertiary/aromatic N) is 3. The van der Waals surface area contributed by atoms with E-state index in [1.807, 2.05) is 29.2 Å². The van der Waals surface area contributed by atoms with E-state index in [9.17, 15) is 9.59 Å². The third-order valence-electron chi connectivity index (χ3n) is 4.61. The molecule has 2 heterocycles. The lowest BCUT2D eigenvalue weighted by atomic mass is 10.0. The predicted octanol–water partition coefficient (Wildman–Crippen LogP) is 3.50. The van der Waals surface area contributed by atoms with Crippen LogP contribution in [0.2, 0.25) is 5.02 Å². The zero-order valence-electron chi connectivity index (χ0n) is 14.4. The van der Waals surface area contributed by atoms with Crippen LogP contribution in [0.4, 0.5) is 0 Å². The number of benzene rings is 1. The maximum atomic E-state index is 12.4. The topological polar surface area (TPSA) is 75.4 Å². The Kier molecular flexibility index (Phi) is 5.88. The van der Waals surface area contributed by atoms with Gasteiger partial charge in [0.2, 0.25) is 5.91 Å². The van der Waals surface area contributed by atoms with E-state index >= 15 is 0 Å². The Morgan fingerprint density at radius 1 is 1.27 bits per heavy atom. The van der Waals surface area contributed by atoms with Gasteiger partial charge in [0.1, 0.15) is 5.56 Å². The summed E-state index contributed by atoms with van der Waals surface area (Å²) in [5, 5.41) is 14.1. The van der Waals surface area contributed by atoms with Crippen molar-refractivity contribution in [3.05, 3.63) is 46.7 Å². The quantitative estimate of drug-likeness (QED) is 0.787. The van der Waals surface area contributed by atoms with Crippen molar-refractivity contribution in [2.45, 2.75) is 30.7 Å². The Bertz CT molecular complexity index is 799. The number of hydrogen-bond acceptors (Lipinski definition) is 4. The minimum absolute atomic E-state index is 0.117. The molecule has 0 radical (unpaired) electrons. The van der Waals surface area contributed by atoms with E-state index in [1.54, 1.807) is 11.6 Å². The number of hydrogen-bond donors (Lipinski definition) is 1. The van der Waals surface area contributed by atoms with Crippen molar-refractivity contribution in [3.63, 3.8) is 0 Å². The smallest absolute Gasteiger partial charge is 0.339 e. The maximum Gasteiger partial charge on any atom is 0.339 e. The summed E-state index contributed by atoms with van der Waals surface area (Å²) in [6.07, 6.45) is 2.95. The molecule has 1 aliphatic rings. The number of piperidine rings is 1. The zero-order chi connectivity index (χ0) is 18.7. The molecule has 1 aliphatic heterocycles. The molecule has 1 saturated heterocycles. The Hall–Kier alpha value is -1.99. The lowest BCUT2D eigenvalue weighted by Crippen LogP contribution is -2.40. The third-order valence-corrected chi connectivity index (χ3v) is 5.86. The second kappa shape index (κ2) is 8.14. The fraction of sp³-hybridized carbons (Fsp3) is 0.389. The molecular formula is C18H20ClN3O3S. The van der Waals surface area contributed by atoms with E-state index < -0.39 is 5.97 Å². The molecule has 1 aromatic heterocycles. The van der Waals surface area contributed by atoms with Crippen molar-refractivity contribution in [1.29, 1.82) is 0 Å². The number of aromatic carboxylic acids is 1. The fourth-order valence-corrected chi connectivity index (χ4v) is 4.06. The van der Waals surface area contributed by atoms with Crippen molar-refractivity contribution >= 4 is 35.2 Å². The summed E-state index contributed by atoms with van der Waals surface area (Å²) >= 11 is 7.37. The molecular weight excluding hydrogens is 374 g/mol. The van der Waals surface area contributed by atoms with Gasteiger partial charge in [0.15, 0.2) is 0 Å². The number of carbonyl (C=O) groups is 2. The van der Waals surface area contributed by atoms with Crippen LogP contribution in [-0.2, 0) is 4.79 Å². The molecule has 3 rings (SSSR count). The van der Waals surface area contributed by atoms with Crippen molar-refractivity contribution in [2.24, 2.45) is 0 Å². The summed E-state index contributed by atoms with van der Waals surface area (Å²) in [4.78, 5) is 26.5. The highest BCUT2D eigenvalue weighted by Gasteiger charge is 2.26. The van der Waals surface area contributed by atoms with Crippen LogP contribution in [0.1, 0.15) is 34.9 Å². The maximum absolute atomic E-state index is 12.4. The molecule has 1 amide bonds. The average Bonchev–Trinajstić information content (AvgIpc) is 3.03. The number of rotatable bonds is 5. The number of carboxylic acids is 1. The number of amides is 1. The van der Waals surface area contributed by atoms with Gasteiger partial charge in [-0.05, 0) is 44.0 Å². The highest BCUT2D eigenvalue weighted by Crippen LogP contribution is 2.26. The highest BCUT2D eigenvalue weighted by atomic mass is 35.5. The zero-order valence-corrected chi connectivity index (χ0v) is 16.0. The molecule has 0 saturated carbocycles. The summed E-state index contributed by atoms with van der Waals surface area (Å²) < 4.78 is 1.79. The molecule has 2 aromatic rings. The van der Waals surface area contributed by atoms with Crippen LogP contribution in [0.15, 0.2) is 35.4 Å². The van der Waals surface area contributed by atoms with Gasteiger partial charge in [-0.25, -0.2) is 4.79 Å². The number of halogens is 1. The first-order valence-electron chi connectivity index (χ1n) is 8.39. The Labute approximate surface area is 161 Å². The van der Waals surface area contributed by atoms with Crippen LogP contribution in [0.5, 0.6) is 0 Å². The van der Waals surface area contributed by atoms with Crippen LogP contribution in [0.25, 0.3) is 0 Å². The van der Waals surface area contributed by atoms with Gasteiger partial charge in [0.25, 0.3) is 0 Å². The molecule has 1 fully saturated rings. The number of carbonyl (C=O) groups excluding carboxylic acids is 1. The summed E-state index contributed by atoms with van der Waals surface area (Å²) in [6, 6.07) is 7.59. The average molecular weight is 394 g/mol. The largest absolute Gasteiger partial charge is 0.478 e. The van der Waals surface area contributed by atoms with Crippen molar-refractivity contribution < 1.29 is 14.7 Å². The van der Waals surface area contributed by atoms with Gasteiger partial charge in [0, 0.05) is 23.0 Å². The van der Waals surface area contributed by atoms with E-state index in [0.717, 1.165) is 17.7 Å². The van der Waals surface area contributed by atoms with Gasteiger partial charge < -0.3 is 10.0 Å². The predicted molar refractivity (Wildman–Crippen MR) is 101 cm³/mol.